The maximum absolute atomic E-state index is 11.3. The molecule has 0 radical (unpaired) electrons. The van der Waals surface area contributed by atoms with Crippen molar-refractivity contribution in [2.75, 3.05) is 6.54 Å². The Morgan fingerprint density at radius 2 is 1.84 bits per heavy atom. The zero-order chi connectivity index (χ0) is 14.5. The lowest BCUT2D eigenvalue weighted by atomic mass is 10.1. The number of hydrogen-bond acceptors (Lipinski definition) is 3. The van der Waals surface area contributed by atoms with Crippen molar-refractivity contribution >= 4 is 16.1 Å². The molecular weight excluding hydrogens is 266 g/mol. The van der Waals surface area contributed by atoms with Gasteiger partial charge in [0.25, 0.3) is 0 Å². The number of carbonyl (C=O) groups excluding carboxylic acids is 1. The molecule has 0 aromatic heterocycles. The normalized spacial score (nSPS) is 11.4. The number of rotatable bonds is 5. The van der Waals surface area contributed by atoms with Crippen LogP contribution in [-0.4, -0.2) is 27.0 Å². The summed E-state index contributed by atoms with van der Waals surface area (Å²) >= 11 is 0. The van der Waals surface area contributed by atoms with Crippen LogP contribution in [0.4, 0.5) is 4.79 Å². The van der Waals surface area contributed by atoms with Crippen LogP contribution in [0.25, 0.3) is 0 Å². The number of benzene rings is 1. The molecule has 0 saturated carbocycles. The van der Waals surface area contributed by atoms with Crippen molar-refractivity contribution in [1.82, 2.24) is 10.6 Å². The van der Waals surface area contributed by atoms with Crippen molar-refractivity contribution in [3.05, 3.63) is 29.8 Å². The molecule has 1 aromatic carbocycles. The molecule has 0 spiro atoms. The van der Waals surface area contributed by atoms with Crippen LogP contribution >= 0.6 is 0 Å². The lowest BCUT2D eigenvalue weighted by molar-refractivity contribution is 0.238. The van der Waals surface area contributed by atoms with Gasteiger partial charge in [0.15, 0.2) is 0 Å². The molecule has 0 aliphatic rings. The van der Waals surface area contributed by atoms with Gasteiger partial charge < -0.3 is 10.6 Å². The van der Waals surface area contributed by atoms with E-state index in [0.717, 1.165) is 5.56 Å². The smallest absolute Gasteiger partial charge is 0.314 e. The van der Waals surface area contributed by atoms with E-state index in [2.05, 4.69) is 10.6 Å². The third-order valence-electron chi connectivity index (χ3n) is 2.37. The molecule has 2 amide bonds. The Labute approximate surface area is 113 Å². The van der Waals surface area contributed by atoms with Gasteiger partial charge in [-0.15, -0.1) is 0 Å². The van der Waals surface area contributed by atoms with Gasteiger partial charge in [0, 0.05) is 12.6 Å². The highest BCUT2D eigenvalue weighted by molar-refractivity contribution is 7.89. The van der Waals surface area contributed by atoms with Gasteiger partial charge in [-0.3, -0.25) is 0 Å². The van der Waals surface area contributed by atoms with Crippen molar-refractivity contribution in [3.63, 3.8) is 0 Å². The molecule has 0 saturated heterocycles. The molecule has 1 aromatic rings. The Morgan fingerprint density at radius 1 is 1.26 bits per heavy atom. The van der Waals surface area contributed by atoms with Gasteiger partial charge in [0.1, 0.15) is 0 Å². The van der Waals surface area contributed by atoms with Gasteiger partial charge in [-0.2, -0.15) is 0 Å². The Kier molecular flexibility index (Phi) is 5.31. The first kappa shape index (κ1) is 15.5. The van der Waals surface area contributed by atoms with Crippen LogP contribution < -0.4 is 15.8 Å². The monoisotopic (exact) mass is 285 g/mol. The lowest BCUT2D eigenvalue weighted by Gasteiger charge is -2.10. The van der Waals surface area contributed by atoms with Crippen LogP contribution in [0.2, 0.25) is 0 Å². The highest BCUT2D eigenvalue weighted by Gasteiger charge is 2.07. The summed E-state index contributed by atoms with van der Waals surface area (Å²) in [6.45, 7) is 4.24. The first-order valence-corrected chi connectivity index (χ1v) is 7.50. The second kappa shape index (κ2) is 6.53. The average Bonchev–Trinajstić information content (AvgIpc) is 2.27. The topological polar surface area (TPSA) is 101 Å². The Morgan fingerprint density at radius 3 is 2.32 bits per heavy atom. The van der Waals surface area contributed by atoms with E-state index < -0.39 is 10.0 Å². The van der Waals surface area contributed by atoms with Crippen LogP contribution in [0.5, 0.6) is 0 Å². The van der Waals surface area contributed by atoms with Gasteiger partial charge in [-0.25, -0.2) is 18.4 Å². The van der Waals surface area contributed by atoms with Crippen LogP contribution in [0, 0.1) is 0 Å². The molecule has 6 nitrogen and oxygen atoms in total. The second-order valence-electron chi connectivity index (χ2n) is 4.49. The molecule has 0 bridgehead atoms. The summed E-state index contributed by atoms with van der Waals surface area (Å²) in [5, 5.41) is 10.4. The van der Waals surface area contributed by atoms with Gasteiger partial charge in [0.05, 0.1) is 4.90 Å². The van der Waals surface area contributed by atoms with Crippen molar-refractivity contribution in [2.24, 2.45) is 5.14 Å². The fraction of sp³-hybridized carbons (Fsp3) is 0.417. The summed E-state index contributed by atoms with van der Waals surface area (Å²) < 4.78 is 22.1. The second-order valence-corrected chi connectivity index (χ2v) is 6.06. The van der Waals surface area contributed by atoms with E-state index in [1.807, 2.05) is 13.8 Å². The Bertz CT molecular complexity index is 524. The molecule has 19 heavy (non-hydrogen) atoms. The molecule has 4 N–H and O–H groups in total. The number of nitrogens with two attached hydrogens (primary N) is 1. The number of primary sulfonamides is 1. The molecule has 0 fully saturated rings. The molecule has 0 atom stereocenters. The lowest BCUT2D eigenvalue weighted by Crippen LogP contribution is -2.40. The van der Waals surface area contributed by atoms with E-state index in [4.69, 9.17) is 5.14 Å². The molecule has 1 rings (SSSR count). The van der Waals surface area contributed by atoms with Crippen molar-refractivity contribution < 1.29 is 13.2 Å². The first-order chi connectivity index (χ1) is 8.79. The SMILES string of the molecule is CC(C)NC(=O)NCCc1ccc(S(N)(=O)=O)cc1. The summed E-state index contributed by atoms with van der Waals surface area (Å²) in [6, 6.07) is 6.16. The van der Waals surface area contributed by atoms with E-state index in [9.17, 15) is 13.2 Å². The minimum atomic E-state index is -3.65. The fourth-order valence-electron chi connectivity index (χ4n) is 1.48. The summed E-state index contributed by atoms with van der Waals surface area (Å²) in [6.07, 6.45) is 0.621. The van der Waals surface area contributed by atoms with Crippen molar-refractivity contribution in [1.29, 1.82) is 0 Å². The third-order valence-corrected chi connectivity index (χ3v) is 3.30. The zero-order valence-electron chi connectivity index (χ0n) is 11.0. The van der Waals surface area contributed by atoms with Crippen LogP contribution in [-0.2, 0) is 16.4 Å². The largest absolute Gasteiger partial charge is 0.338 e. The molecule has 106 valence electrons. The first-order valence-electron chi connectivity index (χ1n) is 5.95. The number of sulfonamides is 1. The maximum Gasteiger partial charge on any atom is 0.314 e. The average molecular weight is 285 g/mol. The molecular formula is C12H19N3O3S. The predicted molar refractivity (Wildman–Crippen MR) is 73.2 cm³/mol. The van der Waals surface area contributed by atoms with E-state index >= 15 is 0 Å². The van der Waals surface area contributed by atoms with Gasteiger partial charge >= 0.3 is 6.03 Å². The van der Waals surface area contributed by atoms with Crippen molar-refractivity contribution in [3.8, 4) is 0 Å². The molecule has 0 aliphatic heterocycles. The van der Waals surface area contributed by atoms with Crippen LogP contribution in [0.3, 0.4) is 0 Å². The number of urea groups is 1. The number of carbonyl (C=O) groups is 1. The summed E-state index contributed by atoms with van der Waals surface area (Å²) in [5.41, 5.74) is 0.928. The van der Waals surface area contributed by atoms with E-state index in [1.165, 1.54) is 12.1 Å². The van der Waals surface area contributed by atoms with Crippen LogP contribution in [0.15, 0.2) is 29.2 Å². The quantitative estimate of drug-likeness (QED) is 0.737. The van der Waals surface area contributed by atoms with Gasteiger partial charge in [0.2, 0.25) is 10.0 Å². The van der Waals surface area contributed by atoms with Crippen LogP contribution in [0.1, 0.15) is 19.4 Å². The molecule has 7 heteroatoms. The highest BCUT2D eigenvalue weighted by atomic mass is 32.2. The Balaban J connectivity index is 2.45. The third kappa shape index (κ3) is 5.71. The standard InChI is InChI=1S/C12H19N3O3S/c1-9(2)15-12(16)14-8-7-10-3-5-11(6-4-10)19(13,17)18/h3-6,9H,7-8H2,1-2H3,(H2,13,17,18)(H2,14,15,16). The van der Waals surface area contributed by atoms with E-state index in [-0.39, 0.29) is 17.0 Å². The zero-order valence-corrected chi connectivity index (χ0v) is 11.8. The summed E-state index contributed by atoms with van der Waals surface area (Å²) in [5.74, 6) is 0. The number of amides is 2. The van der Waals surface area contributed by atoms with E-state index in [1.54, 1.807) is 12.1 Å². The van der Waals surface area contributed by atoms with Gasteiger partial charge in [-0.05, 0) is 38.0 Å². The summed E-state index contributed by atoms with van der Waals surface area (Å²) in [4.78, 5) is 11.4. The maximum atomic E-state index is 11.3. The fourth-order valence-corrected chi connectivity index (χ4v) is 1.99. The number of hydrogen-bond donors (Lipinski definition) is 3. The minimum Gasteiger partial charge on any atom is -0.338 e. The molecule has 0 aliphatic carbocycles. The number of nitrogens with one attached hydrogen (secondary N) is 2. The van der Waals surface area contributed by atoms with Gasteiger partial charge in [-0.1, -0.05) is 12.1 Å². The Hall–Kier alpha value is -1.60. The minimum absolute atomic E-state index is 0.0850. The van der Waals surface area contributed by atoms with Crippen molar-refractivity contribution in [2.45, 2.75) is 31.2 Å². The highest BCUT2D eigenvalue weighted by Crippen LogP contribution is 2.08. The summed E-state index contributed by atoms with van der Waals surface area (Å²) in [7, 11) is -3.65. The molecule has 0 unspecified atom stereocenters. The van der Waals surface area contributed by atoms with E-state index in [0.29, 0.717) is 13.0 Å². The predicted octanol–water partition coefficient (Wildman–Crippen LogP) is 0.584. The molecule has 0 heterocycles.